The predicted octanol–water partition coefficient (Wildman–Crippen LogP) is 2.76. The molecule has 0 bridgehead atoms. The van der Waals surface area contributed by atoms with Crippen LogP contribution in [0.3, 0.4) is 0 Å². The summed E-state index contributed by atoms with van der Waals surface area (Å²) in [5, 5.41) is 0. The van der Waals surface area contributed by atoms with Gasteiger partial charge in [0.15, 0.2) is 0 Å². The Kier molecular flexibility index (Phi) is 4.74. The quantitative estimate of drug-likeness (QED) is 0.543. The zero-order valence-electron chi connectivity index (χ0n) is 9.08. The summed E-state index contributed by atoms with van der Waals surface area (Å²) in [6, 6.07) is 0. The standard InChI is InChI=1S/C6H10O.C3H6O.C2H6/c1-2-4-6-5(3-1)7-6;1-3-2-4-3;1-2/h5-6H,1-4H2;3H,2H2,1H3;1-2H3. The van der Waals surface area contributed by atoms with E-state index in [0.717, 1.165) is 6.61 Å². The smallest absolute Gasteiger partial charge is 0.0841 e. The predicted molar refractivity (Wildman–Crippen MR) is 53.9 cm³/mol. The van der Waals surface area contributed by atoms with Crippen molar-refractivity contribution in [3.63, 3.8) is 0 Å². The highest BCUT2D eigenvalue weighted by Crippen LogP contribution is 2.35. The van der Waals surface area contributed by atoms with Gasteiger partial charge in [0.2, 0.25) is 0 Å². The molecule has 3 atom stereocenters. The molecule has 78 valence electrons. The van der Waals surface area contributed by atoms with Gasteiger partial charge in [-0.3, -0.25) is 0 Å². The van der Waals surface area contributed by atoms with Gasteiger partial charge in [-0.15, -0.1) is 0 Å². The van der Waals surface area contributed by atoms with E-state index in [-0.39, 0.29) is 0 Å². The fourth-order valence-electron chi connectivity index (χ4n) is 1.47. The Hall–Kier alpha value is -0.0800. The highest BCUT2D eigenvalue weighted by molar-refractivity contribution is 4.87. The van der Waals surface area contributed by atoms with Gasteiger partial charge in [0.1, 0.15) is 0 Å². The lowest BCUT2D eigenvalue weighted by atomic mass is 10.0. The lowest BCUT2D eigenvalue weighted by molar-refractivity contribution is 0.373. The van der Waals surface area contributed by atoms with Crippen LogP contribution in [-0.2, 0) is 9.47 Å². The van der Waals surface area contributed by atoms with Crippen LogP contribution in [0.2, 0.25) is 0 Å². The summed E-state index contributed by atoms with van der Waals surface area (Å²) in [6.45, 7) is 7.04. The molecule has 2 heteroatoms. The van der Waals surface area contributed by atoms with Gasteiger partial charge in [-0.1, -0.05) is 26.7 Å². The molecular formula is C11H22O2. The monoisotopic (exact) mass is 186 g/mol. The van der Waals surface area contributed by atoms with Gasteiger partial charge in [-0.2, -0.15) is 0 Å². The van der Waals surface area contributed by atoms with Crippen LogP contribution in [0.15, 0.2) is 0 Å². The number of epoxide rings is 2. The van der Waals surface area contributed by atoms with Gasteiger partial charge in [0, 0.05) is 0 Å². The molecule has 3 unspecified atom stereocenters. The summed E-state index contributed by atoms with van der Waals surface area (Å²) in [5.74, 6) is 0. The van der Waals surface area contributed by atoms with Gasteiger partial charge in [0.05, 0.1) is 24.9 Å². The van der Waals surface area contributed by atoms with E-state index in [2.05, 4.69) is 6.92 Å². The molecule has 1 aliphatic carbocycles. The molecule has 0 N–H and O–H groups in total. The first-order chi connectivity index (χ1) is 6.36. The summed E-state index contributed by atoms with van der Waals surface area (Å²) in [5.41, 5.74) is 0. The van der Waals surface area contributed by atoms with Crippen molar-refractivity contribution in [1.82, 2.24) is 0 Å². The molecule has 2 nitrogen and oxygen atoms in total. The molecule has 0 aromatic heterocycles. The summed E-state index contributed by atoms with van der Waals surface area (Å²) in [6.07, 6.45) is 7.47. The Morgan fingerprint density at radius 3 is 1.62 bits per heavy atom. The van der Waals surface area contributed by atoms with E-state index in [4.69, 9.17) is 9.47 Å². The second-order valence-corrected chi connectivity index (χ2v) is 3.64. The van der Waals surface area contributed by atoms with E-state index in [1.54, 1.807) is 0 Å². The molecule has 2 aliphatic heterocycles. The van der Waals surface area contributed by atoms with Crippen LogP contribution in [0.5, 0.6) is 0 Å². The van der Waals surface area contributed by atoms with Crippen LogP contribution >= 0.6 is 0 Å². The van der Waals surface area contributed by atoms with E-state index in [9.17, 15) is 0 Å². The Bertz CT molecular complexity index is 122. The average Bonchev–Trinajstić information content (AvgIpc) is 3.04. The van der Waals surface area contributed by atoms with Crippen LogP contribution in [0.4, 0.5) is 0 Å². The Balaban J connectivity index is 0.000000121. The van der Waals surface area contributed by atoms with Crippen molar-refractivity contribution in [2.45, 2.75) is 64.8 Å². The van der Waals surface area contributed by atoms with Crippen molar-refractivity contribution in [1.29, 1.82) is 0 Å². The van der Waals surface area contributed by atoms with Crippen LogP contribution < -0.4 is 0 Å². The lowest BCUT2D eigenvalue weighted by Gasteiger charge is -2.00. The SMILES string of the molecule is C1CCC2OC2C1.CC.CC1CO1. The third kappa shape index (κ3) is 4.63. The Labute approximate surface area is 81.6 Å². The third-order valence-electron chi connectivity index (χ3n) is 2.41. The van der Waals surface area contributed by atoms with Crippen LogP contribution in [0, 0.1) is 0 Å². The van der Waals surface area contributed by atoms with Gasteiger partial charge >= 0.3 is 0 Å². The maximum absolute atomic E-state index is 5.28. The van der Waals surface area contributed by atoms with E-state index in [1.807, 2.05) is 13.8 Å². The molecule has 0 radical (unpaired) electrons. The highest BCUT2D eigenvalue weighted by atomic mass is 16.6. The highest BCUT2D eigenvalue weighted by Gasteiger charge is 2.39. The summed E-state index contributed by atoms with van der Waals surface area (Å²) in [4.78, 5) is 0. The minimum absolute atomic E-state index is 0.583. The molecule has 13 heavy (non-hydrogen) atoms. The van der Waals surface area contributed by atoms with Crippen LogP contribution in [0.25, 0.3) is 0 Å². The number of fused-ring (bicyclic) bond motifs is 1. The molecule has 0 spiro atoms. The molecule has 2 saturated heterocycles. The Morgan fingerprint density at radius 2 is 1.38 bits per heavy atom. The van der Waals surface area contributed by atoms with Crippen LogP contribution in [0.1, 0.15) is 46.5 Å². The number of ether oxygens (including phenoxy) is 2. The normalized spacial score (nSPS) is 38.5. The largest absolute Gasteiger partial charge is 0.373 e. The minimum atomic E-state index is 0.583. The molecule has 3 aliphatic rings. The van der Waals surface area contributed by atoms with Crippen molar-refractivity contribution in [3.8, 4) is 0 Å². The van der Waals surface area contributed by atoms with E-state index in [1.165, 1.54) is 25.7 Å². The lowest BCUT2D eigenvalue weighted by Crippen LogP contribution is -2.00. The summed E-state index contributed by atoms with van der Waals surface area (Å²) >= 11 is 0. The average molecular weight is 186 g/mol. The molecular weight excluding hydrogens is 164 g/mol. The zero-order chi connectivity index (χ0) is 9.68. The van der Waals surface area contributed by atoms with E-state index >= 15 is 0 Å². The molecule has 3 fully saturated rings. The minimum Gasteiger partial charge on any atom is -0.373 e. The van der Waals surface area contributed by atoms with Crippen molar-refractivity contribution in [3.05, 3.63) is 0 Å². The number of rotatable bonds is 0. The second kappa shape index (κ2) is 5.61. The maximum atomic E-state index is 5.28. The molecule has 2 heterocycles. The molecule has 3 rings (SSSR count). The van der Waals surface area contributed by atoms with Gasteiger partial charge in [-0.05, 0) is 19.8 Å². The summed E-state index contributed by atoms with van der Waals surface area (Å²) < 4.78 is 9.99. The van der Waals surface area contributed by atoms with Gasteiger partial charge in [0.25, 0.3) is 0 Å². The molecule has 0 aromatic carbocycles. The first-order valence-electron chi connectivity index (χ1n) is 5.63. The second-order valence-electron chi connectivity index (χ2n) is 3.64. The fourth-order valence-corrected chi connectivity index (χ4v) is 1.47. The van der Waals surface area contributed by atoms with Crippen LogP contribution in [-0.4, -0.2) is 24.9 Å². The maximum Gasteiger partial charge on any atom is 0.0841 e. The van der Waals surface area contributed by atoms with Gasteiger partial charge in [-0.25, -0.2) is 0 Å². The third-order valence-corrected chi connectivity index (χ3v) is 2.41. The van der Waals surface area contributed by atoms with Crippen molar-refractivity contribution in [2.24, 2.45) is 0 Å². The van der Waals surface area contributed by atoms with Crippen molar-refractivity contribution < 1.29 is 9.47 Å². The van der Waals surface area contributed by atoms with E-state index < -0.39 is 0 Å². The van der Waals surface area contributed by atoms with Crippen molar-refractivity contribution in [2.75, 3.05) is 6.61 Å². The topological polar surface area (TPSA) is 25.1 Å². The molecule has 0 amide bonds. The first-order valence-corrected chi connectivity index (χ1v) is 5.63. The number of hydrogen-bond acceptors (Lipinski definition) is 2. The zero-order valence-corrected chi connectivity index (χ0v) is 9.08. The Morgan fingerprint density at radius 1 is 1.00 bits per heavy atom. The van der Waals surface area contributed by atoms with Gasteiger partial charge < -0.3 is 9.47 Å². The molecule has 1 saturated carbocycles. The van der Waals surface area contributed by atoms with E-state index in [0.29, 0.717) is 18.3 Å². The first kappa shape index (κ1) is 11.0. The number of hydrogen-bond donors (Lipinski definition) is 0. The van der Waals surface area contributed by atoms with Crippen molar-refractivity contribution >= 4 is 0 Å². The fraction of sp³-hybridized carbons (Fsp3) is 1.00. The molecule has 0 aromatic rings. The summed E-state index contributed by atoms with van der Waals surface area (Å²) in [7, 11) is 0.